The van der Waals surface area contributed by atoms with Crippen molar-refractivity contribution in [2.75, 3.05) is 0 Å². The first-order valence-corrected chi connectivity index (χ1v) is 6.07. The van der Waals surface area contributed by atoms with E-state index < -0.39 is 0 Å². The number of benzene rings is 1. The lowest BCUT2D eigenvalue weighted by Crippen LogP contribution is -2.10. The van der Waals surface area contributed by atoms with Crippen LogP contribution < -0.4 is 0 Å². The van der Waals surface area contributed by atoms with Gasteiger partial charge in [0.2, 0.25) is 0 Å². The molecule has 2 unspecified atom stereocenters. The quantitative estimate of drug-likeness (QED) is 0.678. The van der Waals surface area contributed by atoms with Gasteiger partial charge in [0.25, 0.3) is 0 Å². The van der Waals surface area contributed by atoms with Crippen molar-refractivity contribution in [1.82, 2.24) is 0 Å². The monoisotopic (exact) mass is 246 g/mol. The molecule has 0 saturated heterocycles. The van der Waals surface area contributed by atoms with E-state index in [1.165, 1.54) is 12.5 Å². The van der Waals surface area contributed by atoms with Crippen LogP contribution in [0.4, 0.5) is 4.39 Å². The third-order valence-electron chi connectivity index (χ3n) is 3.08. The zero-order valence-corrected chi connectivity index (χ0v) is 9.86. The minimum absolute atomic E-state index is 0.226. The molecule has 0 radical (unpaired) electrons. The number of hydrogen-bond donors (Lipinski definition) is 0. The van der Waals surface area contributed by atoms with Gasteiger partial charge in [-0.2, -0.15) is 0 Å². The Bertz CT molecular complexity index is 351. The molecule has 0 bridgehead atoms. The molecule has 1 aliphatic carbocycles. The zero-order chi connectivity index (χ0) is 10.8. The Balaban J connectivity index is 2.13. The van der Waals surface area contributed by atoms with Gasteiger partial charge in [-0.05, 0) is 36.8 Å². The lowest BCUT2D eigenvalue weighted by atomic mass is 9.97. The molecule has 15 heavy (non-hydrogen) atoms. The number of alkyl halides is 1. The second-order valence-electron chi connectivity index (χ2n) is 4.12. The number of halogens is 3. The molecule has 1 aromatic rings. The number of hydrogen-bond acceptors (Lipinski definition) is 0. The van der Waals surface area contributed by atoms with Crippen LogP contribution in [-0.2, 0) is 6.42 Å². The molecule has 3 heteroatoms. The number of rotatable bonds is 2. The first-order valence-electron chi connectivity index (χ1n) is 5.25. The minimum atomic E-state index is -0.335. The van der Waals surface area contributed by atoms with Crippen LogP contribution in [-0.4, -0.2) is 5.38 Å². The van der Waals surface area contributed by atoms with E-state index in [0.29, 0.717) is 5.92 Å². The lowest BCUT2D eigenvalue weighted by molar-refractivity contribution is 0.548. The zero-order valence-electron chi connectivity index (χ0n) is 8.35. The maximum absolute atomic E-state index is 13.2. The minimum Gasteiger partial charge on any atom is -0.205 e. The van der Waals surface area contributed by atoms with Crippen LogP contribution in [0, 0.1) is 11.7 Å². The van der Waals surface area contributed by atoms with Gasteiger partial charge in [0.15, 0.2) is 0 Å². The Labute approximate surface area is 99.4 Å². The van der Waals surface area contributed by atoms with Gasteiger partial charge >= 0.3 is 0 Å². The summed E-state index contributed by atoms with van der Waals surface area (Å²) in [5, 5.41) is 0.484. The SMILES string of the molecule is Fc1cccc(CC2CCCC2Cl)c1Cl. The molecule has 0 aliphatic heterocycles. The summed E-state index contributed by atoms with van der Waals surface area (Å²) >= 11 is 12.1. The van der Waals surface area contributed by atoms with Crippen molar-refractivity contribution in [2.24, 2.45) is 5.92 Å². The van der Waals surface area contributed by atoms with Crippen LogP contribution in [0.15, 0.2) is 18.2 Å². The average molecular weight is 247 g/mol. The van der Waals surface area contributed by atoms with Crippen LogP contribution in [0.2, 0.25) is 5.02 Å². The normalized spacial score (nSPS) is 25.8. The summed E-state index contributed by atoms with van der Waals surface area (Å²) in [6.45, 7) is 0. The fourth-order valence-electron chi connectivity index (χ4n) is 2.21. The first-order chi connectivity index (χ1) is 7.18. The maximum Gasteiger partial charge on any atom is 0.142 e. The average Bonchev–Trinajstić information content (AvgIpc) is 2.60. The second-order valence-corrected chi connectivity index (χ2v) is 5.06. The molecule has 2 atom stereocenters. The van der Waals surface area contributed by atoms with Gasteiger partial charge in [-0.15, -0.1) is 11.6 Å². The van der Waals surface area contributed by atoms with Crippen molar-refractivity contribution < 1.29 is 4.39 Å². The molecular weight excluding hydrogens is 234 g/mol. The van der Waals surface area contributed by atoms with E-state index in [1.807, 2.05) is 6.07 Å². The Kier molecular flexibility index (Phi) is 3.53. The van der Waals surface area contributed by atoms with Gasteiger partial charge in [0, 0.05) is 5.38 Å². The third-order valence-corrected chi connectivity index (χ3v) is 4.08. The van der Waals surface area contributed by atoms with Gasteiger partial charge < -0.3 is 0 Å². The summed E-state index contributed by atoms with van der Waals surface area (Å²) in [4.78, 5) is 0. The van der Waals surface area contributed by atoms with E-state index in [9.17, 15) is 4.39 Å². The van der Waals surface area contributed by atoms with Crippen LogP contribution in [0.5, 0.6) is 0 Å². The highest BCUT2D eigenvalue weighted by Crippen LogP contribution is 2.34. The molecule has 0 heterocycles. The van der Waals surface area contributed by atoms with Crippen LogP contribution in [0.25, 0.3) is 0 Å². The van der Waals surface area contributed by atoms with Crippen molar-refractivity contribution in [3.05, 3.63) is 34.6 Å². The summed E-state index contributed by atoms with van der Waals surface area (Å²) in [5.74, 6) is 0.115. The molecule has 0 nitrogen and oxygen atoms in total. The van der Waals surface area contributed by atoms with Crippen molar-refractivity contribution in [3.8, 4) is 0 Å². The van der Waals surface area contributed by atoms with E-state index in [1.54, 1.807) is 6.07 Å². The Morgan fingerprint density at radius 2 is 2.13 bits per heavy atom. The fourth-order valence-corrected chi connectivity index (χ4v) is 2.78. The third kappa shape index (κ3) is 2.46. The summed E-state index contributed by atoms with van der Waals surface area (Å²) < 4.78 is 13.2. The molecule has 0 amide bonds. The smallest absolute Gasteiger partial charge is 0.142 e. The van der Waals surface area contributed by atoms with E-state index in [-0.39, 0.29) is 16.2 Å². The topological polar surface area (TPSA) is 0 Å². The van der Waals surface area contributed by atoms with Gasteiger partial charge in [-0.25, -0.2) is 4.39 Å². The van der Waals surface area contributed by atoms with Crippen molar-refractivity contribution in [3.63, 3.8) is 0 Å². The second kappa shape index (κ2) is 4.71. The largest absolute Gasteiger partial charge is 0.205 e. The molecular formula is C12H13Cl2F. The predicted molar refractivity (Wildman–Crippen MR) is 62.1 cm³/mol. The molecule has 1 aromatic carbocycles. The Morgan fingerprint density at radius 3 is 2.80 bits per heavy atom. The van der Waals surface area contributed by atoms with Crippen molar-refractivity contribution >= 4 is 23.2 Å². The fraction of sp³-hybridized carbons (Fsp3) is 0.500. The summed E-state index contributed by atoms with van der Waals surface area (Å²) in [7, 11) is 0. The molecule has 2 rings (SSSR count). The van der Waals surface area contributed by atoms with Crippen LogP contribution in [0.3, 0.4) is 0 Å². The van der Waals surface area contributed by atoms with Crippen molar-refractivity contribution in [1.29, 1.82) is 0 Å². The lowest BCUT2D eigenvalue weighted by Gasteiger charge is -2.14. The van der Waals surface area contributed by atoms with E-state index in [4.69, 9.17) is 23.2 Å². The Hall–Kier alpha value is -0.270. The van der Waals surface area contributed by atoms with Gasteiger partial charge in [0.05, 0.1) is 5.02 Å². The molecule has 0 aromatic heterocycles. The molecule has 1 aliphatic rings. The summed E-state index contributed by atoms with van der Waals surface area (Å²) in [6, 6.07) is 4.97. The molecule has 82 valence electrons. The van der Waals surface area contributed by atoms with Gasteiger partial charge in [-0.3, -0.25) is 0 Å². The summed E-state index contributed by atoms with van der Waals surface area (Å²) in [6.07, 6.45) is 4.16. The molecule has 0 spiro atoms. The maximum atomic E-state index is 13.2. The van der Waals surface area contributed by atoms with Crippen LogP contribution >= 0.6 is 23.2 Å². The van der Waals surface area contributed by atoms with Crippen molar-refractivity contribution in [2.45, 2.75) is 31.1 Å². The Morgan fingerprint density at radius 1 is 1.33 bits per heavy atom. The molecule has 1 fully saturated rings. The van der Waals surface area contributed by atoms with E-state index >= 15 is 0 Å². The highest BCUT2D eigenvalue weighted by molar-refractivity contribution is 6.31. The predicted octanol–water partition coefficient (Wildman–Crippen LogP) is 4.43. The first kappa shape index (κ1) is 11.2. The highest BCUT2D eigenvalue weighted by Gasteiger charge is 2.26. The molecule has 0 N–H and O–H groups in total. The van der Waals surface area contributed by atoms with E-state index in [0.717, 1.165) is 24.8 Å². The summed E-state index contributed by atoms with van der Waals surface area (Å²) in [5.41, 5.74) is 0.884. The van der Waals surface area contributed by atoms with Gasteiger partial charge in [-0.1, -0.05) is 30.2 Å². The van der Waals surface area contributed by atoms with Crippen LogP contribution in [0.1, 0.15) is 24.8 Å². The van der Waals surface area contributed by atoms with Gasteiger partial charge in [0.1, 0.15) is 5.82 Å². The highest BCUT2D eigenvalue weighted by atomic mass is 35.5. The van der Waals surface area contributed by atoms with E-state index in [2.05, 4.69) is 0 Å². The standard InChI is InChI=1S/C12H13Cl2F/c13-10-5-1-3-8(10)7-9-4-2-6-11(15)12(9)14/h2,4,6,8,10H,1,3,5,7H2. The molecule has 1 saturated carbocycles.